The van der Waals surface area contributed by atoms with Gasteiger partial charge in [-0.25, -0.2) is 0 Å². The molecule has 4 aromatic rings. The SMILES string of the molecule is CC(C)[Si](c1ccc2[nH]c3ccc4c(c3c2c1)C1CCC4c2ccccc21)(C(C)C)C(C)C. The standard InChI is InChI=1S/C31H37NSi/c1-18(2)33(19(3)4,20(5)6)21-11-15-28-27(17-21)31-29(32-28)16-14-26-24-12-13-25(30(26)31)23-10-8-7-9-22(23)24/h7-11,14-20,24-25,32H,12-13H2,1-6H3. The fraction of sp³-hybridized carbons (Fsp3) is 0.419. The molecule has 1 nitrogen and oxygen atoms in total. The van der Waals surface area contributed by atoms with Gasteiger partial charge in [-0.3, -0.25) is 0 Å². The first-order valence-electron chi connectivity index (χ1n) is 13.0. The van der Waals surface area contributed by atoms with Gasteiger partial charge in [0.25, 0.3) is 0 Å². The van der Waals surface area contributed by atoms with Crippen LogP contribution in [0.3, 0.4) is 0 Å². The summed E-state index contributed by atoms with van der Waals surface area (Å²) in [6.07, 6.45) is 2.57. The van der Waals surface area contributed by atoms with Crippen molar-refractivity contribution in [3.63, 3.8) is 0 Å². The second-order valence-electron chi connectivity index (χ2n) is 11.6. The molecule has 3 aliphatic rings. The van der Waals surface area contributed by atoms with Gasteiger partial charge in [-0.05, 0) is 63.9 Å². The summed E-state index contributed by atoms with van der Waals surface area (Å²) in [5.74, 6) is 1.10. The van der Waals surface area contributed by atoms with E-state index in [0.29, 0.717) is 11.8 Å². The highest BCUT2D eigenvalue weighted by molar-refractivity contribution is 6.95. The van der Waals surface area contributed by atoms with Crippen molar-refractivity contribution >= 4 is 35.1 Å². The molecular formula is C31H37NSi. The van der Waals surface area contributed by atoms with Gasteiger partial charge in [-0.1, -0.05) is 89.2 Å². The van der Waals surface area contributed by atoms with Crippen LogP contribution in [-0.2, 0) is 0 Å². The quantitative estimate of drug-likeness (QED) is 0.299. The number of H-pyrrole nitrogens is 1. The molecule has 0 aliphatic heterocycles. The van der Waals surface area contributed by atoms with Crippen molar-refractivity contribution < 1.29 is 0 Å². The van der Waals surface area contributed by atoms with Crippen LogP contribution < -0.4 is 5.19 Å². The molecule has 2 unspecified atom stereocenters. The van der Waals surface area contributed by atoms with Crippen LogP contribution in [0, 0.1) is 0 Å². The predicted molar refractivity (Wildman–Crippen MR) is 146 cm³/mol. The molecule has 2 heteroatoms. The first-order valence-corrected chi connectivity index (χ1v) is 15.3. The Morgan fingerprint density at radius 1 is 0.697 bits per heavy atom. The number of aromatic nitrogens is 1. The summed E-state index contributed by atoms with van der Waals surface area (Å²) >= 11 is 0. The van der Waals surface area contributed by atoms with Gasteiger partial charge in [-0.2, -0.15) is 0 Å². The maximum Gasteiger partial charge on any atom is 0.0942 e. The number of rotatable bonds is 4. The number of fused-ring (bicyclic) bond motifs is 4. The van der Waals surface area contributed by atoms with Crippen molar-refractivity contribution in [2.75, 3.05) is 0 Å². The molecule has 2 bridgehead atoms. The van der Waals surface area contributed by atoms with Crippen LogP contribution >= 0.6 is 0 Å². The Kier molecular flexibility index (Phi) is 4.72. The average Bonchev–Trinajstić information content (AvgIpc) is 3.17. The van der Waals surface area contributed by atoms with Crippen LogP contribution in [0.5, 0.6) is 0 Å². The van der Waals surface area contributed by atoms with E-state index < -0.39 is 8.07 Å². The second-order valence-corrected chi connectivity index (χ2v) is 17.5. The fourth-order valence-corrected chi connectivity index (χ4v) is 15.2. The smallest absolute Gasteiger partial charge is 0.0942 e. The van der Waals surface area contributed by atoms with Crippen LogP contribution in [-0.4, -0.2) is 13.1 Å². The molecule has 33 heavy (non-hydrogen) atoms. The highest BCUT2D eigenvalue weighted by atomic mass is 28.3. The average molecular weight is 452 g/mol. The van der Waals surface area contributed by atoms with Gasteiger partial charge in [-0.15, -0.1) is 0 Å². The lowest BCUT2D eigenvalue weighted by Gasteiger charge is -2.44. The third-order valence-corrected chi connectivity index (χ3v) is 16.5. The van der Waals surface area contributed by atoms with E-state index in [1.54, 1.807) is 27.4 Å². The minimum Gasteiger partial charge on any atom is -0.355 e. The van der Waals surface area contributed by atoms with Gasteiger partial charge in [0.15, 0.2) is 0 Å². The Morgan fingerprint density at radius 3 is 1.97 bits per heavy atom. The Bertz CT molecular complexity index is 1350. The van der Waals surface area contributed by atoms with E-state index in [2.05, 4.69) is 101 Å². The summed E-state index contributed by atoms with van der Waals surface area (Å²) in [6, 6.07) is 21.5. The first kappa shape index (κ1) is 21.2. The molecule has 3 aliphatic carbocycles. The molecule has 0 saturated heterocycles. The van der Waals surface area contributed by atoms with Crippen LogP contribution in [0.2, 0.25) is 16.6 Å². The Balaban J connectivity index is 1.65. The molecule has 3 aromatic carbocycles. The molecule has 170 valence electrons. The molecular weight excluding hydrogens is 414 g/mol. The molecule has 1 heterocycles. The number of hydrogen-bond acceptors (Lipinski definition) is 0. The van der Waals surface area contributed by atoms with E-state index >= 15 is 0 Å². The fourth-order valence-electron chi connectivity index (χ4n) is 8.40. The largest absolute Gasteiger partial charge is 0.355 e. The monoisotopic (exact) mass is 451 g/mol. The molecule has 1 aromatic heterocycles. The van der Waals surface area contributed by atoms with Crippen molar-refractivity contribution in [1.29, 1.82) is 0 Å². The lowest BCUT2D eigenvalue weighted by Crippen LogP contribution is -2.55. The van der Waals surface area contributed by atoms with E-state index in [-0.39, 0.29) is 0 Å². The maximum atomic E-state index is 3.79. The van der Waals surface area contributed by atoms with Gasteiger partial charge in [0, 0.05) is 33.6 Å². The zero-order valence-electron chi connectivity index (χ0n) is 21.0. The van der Waals surface area contributed by atoms with E-state index in [4.69, 9.17) is 0 Å². The molecule has 7 rings (SSSR count). The van der Waals surface area contributed by atoms with Crippen LogP contribution in [0.25, 0.3) is 21.8 Å². The lowest BCUT2D eigenvalue weighted by atomic mass is 9.63. The maximum absolute atomic E-state index is 3.79. The number of aromatic amines is 1. The Hall–Kier alpha value is -2.32. The summed E-state index contributed by atoms with van der Waals surface area (Å²) in [5.41, 5.74) is 11.1. The van der Waals surface area contributed by atoms with Crippen molar-refractivity contribution in [3.05, 3.63) is 76.9 Å². The van der Waals surface area contributed by atoms with Crippen LogP contribution in [0.1, 0.15) is 88.5 Å². The van der Waals surface area contributed by atoms with E-state index in [1.165, 1.54) is 34.6 Å². The molecule has 0 amide bonds. The summed E-state index contributed by atoms with van der Waals surface area (Å²) < 4.78 is 0. The highest BCUT2D eigenvalue weighted by Gasteiger charge is 2.44. The Morgan fingerprint density at radius 2 is 1.30 bits per heavy atom. The highest BCUT2D eigenvalue weighted by Crippen LogP contribution is 2.55. The van der Waals surface area contributed by atoms with Crippen molar-refractivity contribution in [2.24, 2.45) is 0 Å². The first-order chi connectivity index (χ1) is 15.9. The normalized spacial score (nSPS) is 19.8. The third kappa shape index (κ3) is 2.70. The molecule has 0 radical (unpaired) electrons. The molecule has 2 atom stereocenters. The second kappa shape index (κ2) is 7.34. The van der Waals surface area contributed by atoms with Crippen molar-refractivity contribution in [3.8, 4) is 0 Å². The van der Waals surface area contributed by atoms with Crippen molar-refractivity contribution in [1.82, 2.24) is 4.98 Å². The summed E-state index contributed by atoms with van der Waals surface area (Å²) in [5, 5.41) is 4.62. The topological polar surface area (TPSA) is 15.8 Å². The zero-order valence-corrected chi connectivity index (χ0v) is 22.0. The molecule has 0 fully saturated rings. The van der Waals surface area contributed by atoms with Crippen molar-refractivity contribution in [2.45, 2.75) is 82.8 Å². The molecule has 0 spiro atoms. The van der Waals surface area contributed by atoms with Gasteiger partial charge in [0.2, 0.25) is 0 Å². The summed E-state index contributed by atoms with van der Waals surface area (Å²) in [6.45, 7) is 14.9. The minimum absolute atomic E-state index is 0.537. The predicted octanol–water partition coefficient (Wildman–Crippen LogP) is 8.58. The van der Waals surface area contributed by atoms with E-state index in [9.17, 15) is 0 Å². The van der Waals surface area contributed by atoms with Crippen LogP contribution in [0.4, 0.5) is 0 Å². The Labute approximate surface area is 199 Å². The summed E-state index contributed by atoms with van der Waals surface area (Å²) in [7, 11) is -1.71. The number of nitrogens with one attached hydrogen (secondary N) is 1. The van der Waals surface area contributed by atoms with Gasteiger partial charge < -0.3 is 4.98 Å². The van der Waals surface area contributed by atoms with E-state index in [0.717, 1.165) is 16.6 Å². The van der Waals surface area contributed by atoms with Gasteiger partial charge >= 0.3 is 0 Å². The molecule has 1 N–H and O–H groups in total. The number of hydrogen-bond donors (Lipinski definition) is 1. The van der Waals surface area contributed by atoms with Gasteiger partial charge in [0.05, 0.1) is 8.07 Å². The third-order valence-electron chi connectivity index (χ3n) is 9.42. The molecule has 0 saturated carbocycles. The van der Waals surface area contributed by atoms with Gasteiger partial charge in [0.1, 0.15) is 0 Å². The number of benzene rings is 3. The van der Waals surface area contributed by atoms with Crippen LogP contribution in [0.15, 0.2) is 54.6 Å². The zero-order chi connectivity index (χ0) is 23.1. The minimum atomic E-state index is -1.71. The van der Waals surface area contributed by atoms with E-state index in [1.807, 2.05) is 0 Å². The summed E-state index contributed by atoms with van der Waals surface area (Å²) in [4.78, 5) is 3.79. The lowest BCUT2D eigenvalue weighted by molar-refractivity contribution is 0.523.